The van der Waals surface area contributed by atoms with Gasteiger partial charge >= 0.3 is 0 Å². The zero-order valence-electron chi connectivity index (χ0n) is 18.2. The molecule has 0 aliphatic carbocycles. The fraction of sp³-hybridized carbons (Fsp3) is 0.652. The Morgan fingerprint density at radius 1 is 1.00 bits per heavy atom. The molecule has 0 unspecified atom stereocenters. The monoisotopic (exact) mass is 413 g/mol. The zero-order valence-corrected chi connectivity index (χ0v) is 18.2. The number of anilines is 2. The summed E-state index contributed by atoms with van der Waals surface area (Å²) in [6.07, 6.45) is 2.83. The number of likely N-dealkylation sites (N-methyl/N-ethyl adjacent to an activating group) is 1. The van der Waals surface area contributed by atoms with Gasteiger partial charge in [-0.25, -0.2) is 0 Å². The fourth-order valence-corrected chi connectivity index (χ4v) is 4.95. The number of amides is 2. The summed E-state index contributed by atoms with van der Waals surface area (Å²) in [6, 6.07) is 8.58. The molecule has 3 heterocycles. The second-order valence-electron chi connectivity index (χ2n) is 8.61. The third kappa shape index (κ3) is 4.78. The van der Waals surface area contributed by atoms with Crippen LogP contribution < -0.4 is 15.1 Å². The van der Waals surface area contributed by atoms with Crippen LogP contribution in [0.1, 0.15) is 32.6 Å². The van der Waals surface area contributed by atoms with E-state index in [1.54, 1.807) is 0 Å². The Balaban J connectivity index is 1.22. The fourth-order valence-electron chi connectivity index (χ4n) is 4.95. The van der Waals surface area contributed by atoms with Gasteiger partial charge in [0.05, 0.1) is 11.4 Å². The molecule has 0 bridgehead atoms. The average molecular weight is 414 g/mol. The van der Waals surface area contributed by atoms with Gasteiger partial charge < -0.3 is 20.0 Å². The summed E-state index contributed by atoms with van der Waals surface area (Å²) >= 11 is 0. The number of nitrogens with zero attached hydrogens (tertiary/aromatic N) is 4. The van der Waals surface area contributed by atoms with Crippen LogP contribution in [-0.4, -0.2) is 86.6 Å². The predicted octanol–water partition coefficient (Wildman–Crippen LogP) is 1.54. The Labute approximate surface area is 180 Å². The van der Waals surface area contributed by atoms with E-state index in [1.165, 1.54) is 6.42 Å². The van der Waals surface area contributed by atoms with E-state index < -0.39 is 0 Å². The maximum atomic E-state index is 12.9. The lowest BCUT2D eigenvalue weighted by Crippen LogP contribution is -2.48. The van der Waals surface area contributed by atoms with E-state index in [4.69, 9.17) is 0 Å². The maximum Gasteiger partial charge on any atom is 0.227 e. The zero-order chi connectivity index (χ0) is 20.9. The van der Waals surface area contributed by atoms with Crippen LogP contribution in [0.25, 0.3) is 0 Å². The van der Waals surface area contributed by atoms with Crippen molar-refractivity contribution in [1.29, 1.82) is 0 Å². The number of rotatable bonds is 7. The van der Waals surface area contributed by atoms with Gasteiger partial charge in [-0.1, -0.05) is 19.1 Å². The maximum absolute atomic E-state index is 12.9. The van der Waals surface area contributed by atoms with Crippen molar-refractivity contribution in [2.75, 3.05) is 68.7 Å². The second kappa shape index (κ2) is 9.79. The summed E-state index contributed by atoms with van der Waals surface area (Å²) in [7, 11) is 0. The molecule has 0 radical (unpaired) electrons. The number of nitrogens with one attached hydrogen (secondary N) is 1. The van der Waals surface area contributed by atoms with Gasteiger partial charge in [-0.2, -0.15) is 0 Å². The summed E-state index contributed by atoms with van der Waals surface area (Å²) in [4.78, 5) is 34.4. The Morgan fingerprint density at radius 2 is 1.73 bits per heavy atom. The van der Waals surface area contributed by atoms with E-state index in [0.29, 0.717) is 12.6 Å². The van der Waals surface area contributed by atoms with Gasteiger partial charge in [0.1, 0.15) is 0 Å². The van der Waals surface area contributed by atoms with E-state index in [2.05, 4.69) is 33.0 Å². The van der Waals surface area contributed by atoms with Crippen molar-refractivity contribution in [3.05, 3.63) is 24.3 Å². The van der Waals surface area contributed by atoms with Crippen LogP contribution in [-0.2, 0) is 9.59 Å². The van der Waals surface area contributed by atoms with E-state index in [0.717, 1.165) is 70.2 Å². The standard InChI is InChI=1S/C23H35N5O2/c1-2-25-14-16-26(17-15-25)13-11-24-22(29)9-10-23(30)28-18-19-6-5-12-27(19)20-7-3-4-8-21(20)28/h3-4,7-8,19H,2,5-6,9-18H2,1H3,(H,24,29)/t19-/m1/s1. The van der Waals surface area contributed by atoms with Crippen molar-refractivity contribution in [3.8, 4) is 0 Å². The molecule has 0 spiro atoms. The number of carbonyl (C=O) groups is 2. The largest absolute Gasteiger partial charge is 0.365 e. The molecule has 4 rings (SSSR count). The van der Waals surface area contributed by atoms with E-state index in [-0.39, 0.29) is 24.7 Å². The van der Waals surface area contributed by atoms with Crippen molar-refractivity contribution in [2.24, 2.45) is 0 Å². The minimum Gasteiger partial charge on any atom is -0.365 e. The lowest BCUT2D eigenvalue weighted by Gasteiger charge is -2.40. The molecule has 7 heteroatoms. The Hall–Kier alpha value is -2.12. The average Bonchev–Trinajstić information content (AvgIpc) is 3.26. The Morgan fingerprint density at radius 3 is 2.50 bits per heavy atom. The van der Waals surface area contributed by atoms with Gasteiger partial charge in [0.2, 0.25) is 11.8 Å². The van der Waals surface area contributed by atoms with Crippen LogP contribution in [0.4, 0.5) is 11.4 Å². The molecule has 2 amide bonds. The lowest BCUT2D eigenvalue weighted by atomic mass is 10.1. The Kier molecular flexibility index (Phi) is 6.89. The molecule has 3 aliphatic heterocycles. The van der Waals surface area contributed by atoms with Crippen molar-refractivity contribution in [2.45, 2.75) is 38.6 Å². The predicted molar refractivity (Wildman–Crippen MR) is 120 cm³/mol. The Bertz CT molecular complexity index is 747. The number of hydrogen-bond acceptors (Lipinski definition) is 5. The molecule has 1 atom stereocenters. The quantitative estimate of drug-likeness (QED) is 0.735. The molecule has 0 saturated carbocycles. The van der Waals surface area contributed by atoms with Gasteiger partial charge in [0, 0.05) is 71.2 Å². The SMILES string of the molecule is CCN1CCN(CCNC(=O)CCC(=O)N2C[C@H]3CCCN3c3ccccc32)CC1. The van der Waals surface area contributed by atoms with Gasteiger partial charge in [-0.05, 0) is 31.5 Å². The number of piperazine rings is 1. The summed E-state index contributed by atoms with van der Waals surface area (Å²) in [5, 5.41) is 3.00. The first-order valence-electron chi connectivity index (χ1n) is 11.5. The van der Waals surface area contributed by atoms with E-state index in [1.807, 2.05) is 23.1 Å². The molecule has 1 aromatic rings. The smallest absolute Gasteiger partial charge is 0.227 e. The van der Waals surface area contributed by atoms with Crippen molar-refractivity contribution < 1.29 is 9.59 Å². The van der Waals surface area contributed by atoms with Crippen LogP contribution in [0.3, 0.4) is 0 Å². The molecule has 0 aromatic heterocycles. The molecule has 1 aromatic carbocycles. The molecule has 1 N–H and O–H groups in total. The molecule has 2 fully saturated rings. The van der Waals surface area contributed by atoms with Crippen LogP contribution in [0.2, 0.25) is 0 Å². The minimum atomic E-state index is -0.0247. The van der Waals surface area contributed by atoms with Gasteiger partial charge in [-0.3, -0.25) is 14.5 Å². The van der Waals surface area contributed by atoms with E-state index in [9.17, 15) is 9.59 Å². The molecule has 7 nitrogen and oxygen atoms in total. The highest BCUT2D eigenvalue weighted by atomic mass is 16.2. The highest BCUT2D eigenvalue weighted by molar-refractivity contribution is 5.99. The third-order valence-corrected chi connectivity index (χ3v) is 6.78. The van der Waals surface area contributed by atoms with Crippen LogP contribution >= 0.6 is 0 Å². The lowest BCUT2D eigenvalue weighted by molar-refractivity contribution is -0.125. The normalized spacial score (nSPS) is 22.0. The van der Waals surface area contributed by atoms with Crippen LogP contribution in [0, 0.1) is 0 Å². The first-order chi connectivity index (χ1) is 14.7. The number of hydrogen-bond donors (Lipinski definition) is 1. The second-order valence-corrected chi connectivity index (χ2v) is 8.61. The van der Waals surface area contributed by atoms with Crippen molar-refractivity contribution in [3.63, 3.8) is 0 Å². The highest BCUT2D eigenvalue weighted by Gasteiger charge is 2.35. The minimum absolute atomic E-state index is 0.0247. The molecule has 30 heavy (non-hydrogen) atoms. The third-order valence-electron chi connectivity index (χ3n) is 6.78. The number of fused-ring (bicyclic) bond motifs is 3. The summed E-state index contributed by atoms with van der Waals surface area (Å²) < 4.78 is 0. The summed E-state index contributed by atoms with van der Waals surface area (Å²) in [5.41, 5.74) is 2.15. The molecule has 164 valence electrons. The molecule has 2 saturated heterocycles. The number of carbonyl (C=O) groups excluding carboxylic acids is 2. The van der Waals surface area contributed by atoms with Crippen molar-refractivity contribution >= 4 is 23.2 Å². The first kappa shape index (κ1) is 21.1. The molecule has 3 aliphatic rings. The number of para-hydroxylation sites is 2. The highest BCUT2D eigenvalue weighted by Crippen LogP contribution is 2.39. The van der Waals surface area contributed by atoms with E-state index >= 15 is 0 Å². The van der Waals surface area contributed by atoms with Crippen LogP contribution in [0.5, 0.6) is 0 Å². The topological polar surface area (TPSA) is 59.1 Å². The van der Waals surface area contributed by atoms with Gasteiger partial charge in [-0.15, -0.1) is 0 Å². The van der Waals surface area contributed by atoms with Crippen molar-refractivity contribution in [1.82, 2.24) is 15.1 Å². The van der Waals surface area contributed by atoms with Gasteiger partial charge in [0.15, 0.2) is 0 Å². The first-order valence-corrected chi connectivity index (χ1v) is 11.5. The molecular weight excluding hydrogens is 378 g/mol. The van der Waals surface area contributed by atoms with Gasteiger partial charge in [0.25, 0.3) is 0 Å². The summed E-state index contributed by atoms with van der Waals surface area (Å²) in [6.45, 7) is 11.0. The number of benzene rings is 1. The van der Waals surface area contributed by atoms with Crippen LogP contribution in [0.15, 0.2) is 24.3 Å². The molecular formula is C23H35N5O2. The summed E-state index contributed by atoms with van der Waals surface area (Å²) in [5.74, 6) is 0.0307.